The Kier molecular flexibility index (Phi) is 3.25. The van der Waals surface area contributed by atoms with E-state index in [9.17, 15) is 0 Å². The molecular formula is C16H20N4O. The number of nitrogens with one attached hydrogen (secondary N) is 1. The third kappa shape index (κ3) is 2.48. The summed E-state index contributed by atoms with van der Waals surface area (Å²) in [6.07, 6.45) is 6.03. The first kappa shape index (κ1) is 12.7. The number of nitrogens with zero attached hydrogens (tertiary/aromatic N) is 3. The molecule has 2 aliphatic heterocycles. The molecule has 110 valence electrons. The lowest BCUT2D eigenvalue weighted by atomic mass is 10.0. The van der Waals surface area contributed by atoms with E-state index < -0.39 is 0 Å². The molecule has 0 atom stereocenters. The molecule has 0 spiro atoms. The van der Waals surface area contributed by atoms with E-state index in [0.717, 1.165) is 37.6 Å². The summed E-state index contributed by atoms with van der Waals surface area (Å²) >= 11 is 0. The van der Waals surface area contributed by atoms with Crippen molar-refractivity contribution < 1.29 is 4.52 Å². The first-order valence-corrected chi connectivity index (χ1v) is 7.86. The quantitative estimate of drug-likeness (QED) is 0.918. The van der Waals surface area contributed by atoms with Gasteiger partial charge in [0.15, 0.2) is 0 Å². The zero-order chi connectivity index (χ0) is 14.1. The molecule has 0 saturated carbocycles. The Bertz CT molecular complexity index is 631. The van der Waals surface area contributed by atoms with Crippen LogP contribution in [0.3, 0.4) is 0 Å². The van der Waals surface area contributed by atoms with Crippen LogP contribution in [-0.2, 0) is 6.42 Å². The predicted molar refractivity (Wildman–Crippen MR) is 82.6 cm³/mol. The van der Waals surface area contributed by atoms with E-state index in [1.165, 1.54) is 36.9 Å². The van der Waals surface area contributed by atoms with Gasteiger partial charge in [-0.2, -0.15) is 4.98 Å². The van der Waals surface area contributed by atoms with E-state index in [0.29, 0.717) is 5.89 Å². The Morgan fingerprint density at radius 2 is 2.00 bits per heavy atom. The fourth-order valence-corrected chi connectivity index (χ4v) is 3.16. The monoisotopic (exact) mass is 284 g/mol. The molecule has 21 heavy (non-hydrogen) atoms. The highest BCUT2D eigenvalue weighted by atomic mass is 16.5. The summed E-state index contributed by atoms with van der Waals surface area (Å²) in [5, 5.41) is 7.58. The highest BCUT2D eigenvalue weighted by molar-refractivity contribution is 5.64. The summed E-state index contributed by atoms with van der Waals surface area (Å²) in [6, 6.07) is 6.36. The van der Waals surface area contributed by atoms with Crippen molar-refractivity contribution in [2.45, 2.75) is 32.1 Å². The molecule has 5 heteroatoms. The molecule has 1 aromatic heterocycles. The molecule has 0 aliphatic carbocycles. The second kappa shape index (κ2) is 5.39. The van der Waals surface area contributed by atoms with Gasteiger partial charge in [0.05, 0.1) is 0 Å². The van der Waals surface area contributed by atoms with Crippen molar-refractivity contribution >= 4 is 11.6 Å². The molecule has 0 radical (unpaired) electrons. The molecule has 5 nitrogen and oxygen atoms in total. The molecule has 2 aromatic rings. The van der Waals surface area contributed by atoms with Crippen LogP contribution in [0.15, 0.2) is 22.7 Å². The van der Waals surface area contributed by atoms with E-state index in [1.54, 1.807) is 0 Å². The average Bonchev–Trinajstić information content (AvgIpc) is 3.05. The summed E-state index contributed by atoms with van der Waals surface area (Å²) in [7, 11) is 0. The van der Waals surface area contributed by atoms with Gasteiger partial charge in [-0.3, -0.25) is 0 Å². The summed E-state index contributed by atoms with van der Waals surface area (Å²) < 4.78 is 5.47. The summed E-state index contributed by atoms with van der Waals surface area (Å²) in [5.41, 5.74) is 3.60. The number of hydrogen-bond donors (Lipinski definition) is 1. The molecule has 4 rings (SSSR count). The van der Waals surface area contributed by atoms with Crippen LogP contribution in [0, 0.1) is 0 Å². The Hall–Kier alpha value is -2.04. The number of hydrogen-bond acceptors (Lipinski definition) is 5. The summed E-state index contributed by atoms with van der Waals surface area (Å²) in [5.74, 6) is 1.37. The van der Waals surface area contributed by atoms with Gasteiger partial charge in [0.25, 0.3) is 11.8 Å². The van der Waals surface area contributed by atoms with Crippen LogP contribution in [0.25, 0.3) is 11.5 Å². The normalized spacial score (nSPS) is 18.2. The van der Waals surface area contributed by atoms with Gasteiger partial charge < -0.3 is 14.7 Å². The van der Waals surface area contributed by atoms with Crippen molar-refractivity contribution in [1.29, 1.82) is 0 Å². The van der Waals surface area contributed by atoms with Gasteiger partial charge in [-0.15, -0.1) is 0 Å². The van der Waals surface area contributed by atoms with Gasteiger partial charge in [-0.05, 0) is 61.0 Å². The van der Waals surface area contributed by atoms with Gasteiger partial charge in [0.2, 0.25) is 0 Å². The summed E-state index contributed by atoms with van der Waals surface area (Å²) in [4.78, 5) is 6.80. The predicted octanol–water partition coefficient (Wildman–Crippen LogP) is 3.09. The van der Waals surface area contributed by atoms with Crippen LogP contribution in [0.4, 0.5) is 11.6 Å². The van der Waals surface area contributed by atoms with Crippen molar-refractivity contribution in [3.63, 3.8) is 0 Å². The first-order chi connectivity index (χ1) is 10.4. The van der Waals surface area contributed by atoms with E-state index in [-0.39, 0.29) is 0 Å². The van der Waals surface area contributed by atoms with Crippen LogP contribution in [-0.4, -0.2) is 29.8 Å². The minimum atomic E-state index is 0.629. The van der Waals surface area contributed by atoms with Crippen molar-refractivity contribution in [2.24, 2.45) is 0 Å². The standard InChI is InChI=1S/C16H20N4O/c1-2-9-20(10-3-1)16-18-15(21-19-16)13-6-7-14-12(11-13)5-4-8-17-14/h6-7,11,17H,1-5,8-10H2. The van der Waals surface area contributed by atoms with Crippen LogP contribution in [0.5, 0.6) is 0 Å². The van der Waals surface area contributed by atoms with Crippen molar-refractivity contribution in [2.75, 3.05) is 29.9 Å². The summed E-state index contributed by atoms with van der Waals surface area (Å²) in [6.45, 7) is 3.13. The maximum atomic E-state index is 5.47. The Balaban J connectivity index is 1.60. The third-order valence-corrected chi connectivity index (χ3v) is 4.34. The van der Waals surface area contributed by atoms with Crippen molar-refractivity contribution in [1.82, 2.24) is 10.1 Å². The highest BCUT2D eigenvalue weighted by Gasteiger charge is 2.18. The molecule has 0 bridgehead atoms. The van der Waals surface area contributed by atoms with Gasteiger partial charge >= 0.3 is 0 Å². The number of anilines is 2. The molecule has 0 unspecified atom stereocenters. The Morgan fingerprint density at radius 1 is 1.10 bits per heavy atom. The molecule has 1 aromatic carbocycles. The van der Waals surface area contributed by atoms with Gasteiger partial charge in [0.1, 0.15) is 0 Å². The topological polar surface area (TPSA) is 54.2 Å². The third-order valence-electron chi connectivity index (χ3n) is 4.34. The fourth-order valence-electron chi connectivity index (χ4n) is 3.16. The molecular weight excluding hydrogens is 264 g/mol. The van der Waals surface area contributed by atoms with E-state index in [4.69, 9.17) is 4.52 Å². The SMILES string of the molecule is c1cc2c(cc1-c1nc(N3CCCCC3)no1)CCCN2. The average molecular weight is 284 g/mol. The van der Waals surface area contributed by atoms with Crippen LogP contribution < -0.4 is 10.2 Å². The van der Waals surface area contributed by atoms with E-state index in [2.05, 4.69) is 38.6 Å². The second-order valence-electron chi connectivity index (χ2n) is 5.85. The highest BCUT2D eigenvalue weighted by Crippen LogP contribution is 2.28. The van der Waals surface area contributed by atoms with Crippen LogP contribution >= 0.6 is 0 Å². The molecule has 1 saturated heterocycles. The van der Waals surface area contributed by atoms with Crippen molar-refractivity contribution in [3.8, 4) is 11.5 Å². The molecule has 3 heterocycles. The second-order valence-corrected chi connectivity index (χ2v) is 5.85. The smallest absolute Gasteiger partial charge is 0.266 e. The van der Waals surface area contributed by atoms with Gasteiger partial charge in [-0.1, -0.05) is 0 Å². The zero-order valence-electron chi connectivity index (χ0n) is 12.1. The fraction of sp³-hybridized carbons (Fsp3) is 0.500. The lowest BCUT2D eigenvalue weighted by Crippen LogP contribution is -2.30. The number of rotatable bonds is 2. The Labute approximate surface area is 124 Å². The number of benzene rings is 1. The van der Waals surface area contributed by atoms with Gasteiger partial charge in [-0.25, -0.2) is 0 Å². The zero-order valence-corrected chi connectivity index (χ0v) is 12.1. The minimum Gasteiger partial charge on any atom is -0.385 e. The first-order valence-electron chi connectivity index (χ1n) is 7.86. The number of aromatic nitrogens is 2. The lowest BCUT2D eigenvalue weighted by Gasteiger charge is -2.24. The van der Waals surface area contributed by atoms with Gasteiger partial charge in [0, 0.05) is 30.9 Å². The Morgan fingerprint density at radius 3 is 2.90 bits per heavy atom. The minimum absolute atomic E-state index is 0.629. The largest absolute Gasteiger partial charge is 0.385 e. The molecule has 2 aliphatic rings. The van der Waals surface area contributed by atoms with Crippen molar-refractivity contribution in [3.05, 3.63) is 23.8 Å². The molecule has 1 N–H and O–H groups in total. The maximum Gasteiger partial charge on any atom is 0.266 e. The van der Waals surface area contributed by atoms with Crippen LogP contribution in [0.1, 0.15) is 31.2 Å². The van der Waals surface area contributed by atoms with E-state index in [1.807, 2.05) is 0 Å². The van der Waals surface area contributed by atoms with E-state index >= 15 is 0 Å². The number of piperidine rings is 1. The van der Waals surface area contributed by atoms with Crippen LogP contribution in [0.2, 0.25) is 0 Å². The number of aryl methyl sites for hydroxylation is 1. The maximum absolute atomic E-state index is 5.47. The molecule has 0 amide bonds. The molecule has 1 fully saturated rings. The lowest BCUT2D eigenvalue weighted by molar-refractivity contribution is 0.426. The number of fused-ring (bicyclic) bond motifs is 1.